The maximum Gasteiger partial charge on any atom is 0.273 e. The summed E-state index contributed by atoms with van der Waals surface area (Å²) in [5.74, 6) is 1.20. The number of benzene rings is 2. The number of hydrogen-bond acceptors (Lipinski definition) is 6. The molecule has 2 N–H and O–H groups in total. The van der Waals surface area contributed by atoms with E-state index < -0.39 is 11.8 Å². The Hall–Kier alpha value is -2.94. The summed E-state index contributed by atoms with van der Waals surface area (Å²) in [5.41, 5.74) is 5.26. The molecule has 2 aromatic carbocycles. The number of carbonyl (C=O) groups excluding carboxylic acids is 2. The van der Waals surface area contributed by atoms with Crippen LogP contribution < -0.4 is 29.8 Å². The van der Waals surface area contributed by atoms with E-state index in [0.717, 1.165) is 6.42 Å². The third-order valence-electron chi connectivity index (χ3n) is 4.37. The highest BCUT2D eigenvalue weighted by Crippen LogP contribution is 2.33. The summed E-state index contributed by atoms with van der Waals surface area (Å²) in [4.78, 5) is 25.1. The van der Waals surface area contributed by atoms with Crippen molar-refractivity contribution < 1.29 is 28.5 Å². The van der Waals surface area contributed by atoms with Gasteiger partial charge in [-0.15, -0.1) is 0 Å². The van der Waals surface area contributed by atoms with Crippen molar-refractivity contribution >= 4 is 27.7 Å². The summed E-state index contributed by atoms with van der Waals surface area (Å²) in [6, 6.07) is 7.99. The summed E-state index contributed by atoms with van der Waals surface area (Å²) >= 11 is 3.33. The van der Waals surface area contributed by atoms with Crippen LogP contribution in [0.25, 0.3) is 0 Å². The van der Waals surface area contributed by atoms with E-state index in [1.807, 2.05) is 0 Å². The second-order valence-electron chi connectivity index (χ2n) is 6.99. The third-order valence-corrected chi connectivity index (χ3v) is 4.96. The molecule has 0 spiro atoms. The summed E-state index contributed by atoms with van der Waals surface area (Å²) < 4.78 is 22.1. The van der Waals surface area contributed by atoms with Gasteiger partial charge in [-0.2, -0.15) is 0 Å². The van der Waals surface area contributed by atoms with Crippen LogP contribution in [-0.2, 0) is 0 Å². The van der Waals surface area contributed by atoms with E-state index in [4.69, 9.17) is 18.9 Å². The molecule has 0 fully saturated rings. The fourth-order valence-corrected chi connectivity index (χ4v) is 3.25. The highest BCUT2D eigenvalue weighted by Gasteiger charge is 2.19. The molecule has 2 rings (SSSR count). The van der Waals surface area contributed by atoms with Gasteiger partial charge >= 0.3 is 0 Å². The minimum absolute atomic E-state index is 0.195. The Morgan fingerprint density at radius 2 is 1.65 bits per heavy atom. The number of halogens is 1. The van der Waals surface area contributed by atoms with E-state index in [1.165, 1.54) is 27.4 Å². The molecule has 0 atom stereocenters. The number of carbonyl (C=O) groups is 2. The quantitative estimate of drug-likeness (QED) is 0.512. The molecule has 2 amide bonds. The highest BCUT2D eigenvalue weighted by atomic mass is 79.9. The molecule has 31 heavy (non-hydrogen) atoms. The molecule has 0 saturated heterocycles. The van der Waals surface area contributed by atoms with Crippen LogP contribution in [0.15, 0.2) is 34.8 Å². The third kappa shape index (κ3) is 6.52. The van der Waals surface area contributed by atoms with Crippen molar-refractivity contribution in [1.82, 2.24) is 10.9 Å². The lowest BCUT2D eigenvalue weighted by molar-refractivity contribution is 0.0844. The fourth-order valence-electron chi connectivity index (χ4n) is 2.65. The van der Waals surface area contributed by atoms with Gasteiger partial charge in [-0.1, -0.05) is 13.8 Å². The average Bonchev–Trinajstić information content (AvgIpc) is 2.76. The molecule has 0 aliphatic heterocycles. The molecule has 0 unspecified atom stereocenters. The first kappa shape index (κ1) is 24.3. The first-order valence-electron chi connectivity index (χ1n) is 9.63. The Morgan fingerprint density at radius 3 is 2.26 bits per heavy atom. The second-order valence-corrected chi connectivity index (χ2v) is 7.85. The van der Waals surface area contributed by atoms with E-state index in [2.05, 4.69) is 40.6 Å². The van der Waals surface area contributed by atoms with Gasteiger partial charge in [0.05, 0.1) is 38.0 Å². The van der Waals surface area contributed by atoms with Crippen LogP contribution in [0.3, 0.4) is 0 Å². The average molecular weight is 495 g/mol. The summed E-state index contributed by atoms with van der Waals surface area (Å²) in [5, 5.41) is 0. The molecule has 0 aliphatic carbocycles. The van der Waals surface area contributed by atoms with Crippen LogP contribution in [0, 0.1) is 5.92 Å². The Kier molecular flexibility index (Phi) is 8.99. The molecule has 0 saturated carbocycles. The lowest BCUT2D eigenvalue weighted by atomic mass is 10.1. The van der Waals surface area contributed by atoms with E-state index >= 15 is 0 Å². The summed E-state index contributed by atoms with van der Waals surface area (Å²) in [7, 11) is 4.43. The Balaban J connectivity index is 2.09. The van der Waals surface area contributed by atoms with Crippen molar-refractivity contribution in [3.63, 3.8) is 0 Å². The maximum absolute atomic E-state index is 12.6. The molecule has 0 radical (unpaired) electrons. The van der Waals surface area contributed by atoms with E-state index in [1.54, 1.807) is 24.3 Å². The largest absolute Gasteiger partial charge is 0.497 e. The topological polar surface area (TPSA) is 95.1 Å². The van der Waals surface area contributed by atoms with Crippen molar-refractivity contribution in [3.8, 4) is 23.0 Å². The van der Waals surface area contributed by atoms with Crippen molar-refractivity contribution in [3.05, 3.63) is 45.9 Å². The van der Waals surface area contributed by atoms with E-state index in [9.17, 15) is 9.59 Å². The molecule has 0 bridgehead atoms. The van der Waals surface area contributed by atoms with Crippen molar-refractivity contribution in [2.75, 3.05) is 27.9 Å². The second kappa shape index (κ2) is 11.5. The van der Waals surface area contributed by atoms with E-state index in [0.29, 0.717) is 45.6 Å². The molecule has 168 valence electrons. The predicted octanol–water partition coefficient (Wildman–Crippen LogP) is 3.97. The van der Waals surface area contributed by atoms with Gasteiger partial charge in [0.1, 0.15) is 11.5 Å². The van der Waals surface area contributed by atoms with Crippen LogP contribution in [-0.4, -0.2) is 39.8 Å². The fraction of sp³-hybridized carbons (Fsp3) is 0.364. The lowest BCUT2D eigenvalue weighted by Gasteiger charge is -2.14. The van der Waals surface area contributed by atoms with Crippen molar-refractivity contribution in [1.29, 1.82) is 0 Å². The minimum atomic E-state index is -0.564. The maximum atomic E-state index is 12.6. The molecule has 2 aromatic rings. The van der Waals surface area contributed by atoms with Crippen LogP contribution in [0.2, 0.25) is 0 Å². The summed E-state index contributed by atoms with van der Waals surface area (Å²) in [6.07, 6.45) is 0.904. The molecular formula is C22H27BrN2O6. The zero-order valence-electron chi connectivity index (χ0n) is 18.2. The number of hydrogen-bond donors (Lipinski definition) is 2. The zero-order valence-corrected chi connectivity index (χ0v) is 19.8. The number of amides is 2. The number of ether oxygens (including phenoxy) is 4. The molecule has 0 aromatic heterocycles. The van der Waals surface area contributed by atoms with Gasteiger partial charge in [0.25, 0.3) is 11.8 Å². The van der Waals surface area contributed by atoms with E-state index in [-0.39, 0.29) is 5.56 Å². The van der Waals surface area contributed by atoms with Gasteiger partial charge < -0.3 is 18.9 Å². The van der Waals surface area contributed by atoms with Crippen LogP contribution in [0.4, 0.5) is 0 Å². The summed E-state index contributed by atoms with van der Waals surface area (Å²) in [6.45, 7) is 4.78. The Labute approximate surface area is 190 Å². The van der Waals surface area contributed by atoms with Gasteiger partial charge in [-0.25, -0.2) is 0 Å². The van der Waals surface area contributed by atoms with Gasteiger partial charge in [0, 0.05) is 5.56 Å². The molecular weight excluding hydrogens is 468 g/mol. The normalized spacial score (nSPS) is 10.4. The molecule has 9 heteroatoms. The Bertz CT molecular complexity index is 932. The minimum Gasteiger partial charge on any atom is -0.497 e. The monoisotopic (exact) mass is 494 g/mol. The standard InChI is InChI=1S/C22H27BrN2O6/c1-13(2)8-9-31-18-7-6-14(10-19(18)29-4)21(26)24-25-22(27)16-11-15(28-3)12-17(23)20(16)30-5/h6-7,10-13H,8-9H2,1-5H3,(H,24,26)(H,25,27). The lowest BCUT2D eigenvalue weighted by Crippen LogP contribution is -2.41. The number of hydrazine groups is 1. The zero-order chi connectivity index (χ0) is 23.0. The highest BCUT2D eigenvalue weighted by molar-refractivity contribution is 9.10. The SMILES string of the molecule is COc1cc(Br)c(OC)c(C(=O)NNC(=O)c2ccc(OCCC(C)C)c(OC)c2)c1. The molecule has 0 heterocycles. The van der Waals surface area contributed by atoms with Crippen molar-refractivity contribution in [2.45, 2.75) is 20.3 Å². The van der Waals surface area contributed by atoms with Crippen LogP contribution in [0.5, 0.6) is 23.0 Å². The van der Waals surface area contributed by atoms with Crippen LogP contribution in [0.1, 0.15) is 41.0 Å². The predicted molar refractivity (Wildman–Crippen MR) is 120 cm³/mol. The van der Waals surface area contributed by atoms with Gasteiger partial charge in [-0.3, -0.25) is 20.4 Å². The smallest absolute Gasteiger partial charge is 0.273 e. The number of nitrogens with one attached hydrogen (secondary N) is 2. The first-order chi connectivity index (χ1) is 14.8. The number of rotatable bonds is 9. The Morgan fingerprint density at radius 1 is 0.935 bits per heavy atom. The first-order valence-corrected chi connectivity index (χ1v) is 10.4. The molecule has 8 nitrogen and oxygen atoms in total. The van der Waals surface area contributed by atoms with Gasteiger partial charge in [-0.05, 0) is 58.6 Å². The van der Waals surface area contributed by atoms with Gasteiger partial charge in [0.2, 0.25) is 0 Å². The number of methoxy groups -OCH3 is 3. The van der Waals surface area contributed by atoms with Gasteiger partial charge in [0.15, 0.2) is 11.5 Å². The van der Waals surface area contributed by atoms with Crippen molar-refractivity contribution in [2.24, 2.45) is 5.92 Å². The molecule has 0 aliphatic rings. The van der Waals surface area contributed by atoms with Crippen LogP contribution >= 0.6 is 15.9 Å².